The summed E-state index contributed by atoms with van der Waals surface area (Å²) in [5.74, 6) is -0.417. The van der Waals surface area contributed by atoms with Gasteiger partial charge in [0.1, 0.15) is 0 Å². The predicted molar refractivity (Wildman–Crippen MR) is 74.7 cm³/mol. The van der Waals surface area contributed by atoms with Crippen molar-refractivity contribution in [2.45, 2.75) is 12.5 Å². The van der Waals surface area contributed by atoms with Crippen molar-refractivity contribution in [3.8, 4) is 0 Å². The first kappa shape index (κ1) is 15.7. The van der Waals surface area contributed by atoms with Crippen molar-refractivity contribution >= 4 is 18.2 Å². The molecule has 0 aromatic heterocycles. The third-order valence-corrected chi connectivity index (χ3v) is 2.76. The van der Waals surface area contributed by atoms with Crippen LogP contribution in [-0.4, -0.2) is 43.8 Å². The fraction of sp³-hybridized carbons (Fsp3) is 0.357. The zero-order valence-corrected chi connectivity index (χ0v) is 11.6. The van der Waals surface area contributed by atoms with Gasteiger partial charge in [0.15, 0.2) is 0 Å². The fourth-order valence-electron chi connectivity index (χ4n) is 1.67. The van der Waals surface area contributed by atoms with Gasteiger partial charge in [-0.25, -0.2) is 0 Å². The van der Waals surface area contributed by atoms with E-state index < -0.39 is 6.04 Å². The summed E-state index contributed by atoms with van der Waals surface area (Å²) in [6.45, 7) is -0.108. The lowest BCUT2D eigenvalue weighted by atomic mass is 10.0. The summed E-state index contributed by atoms with van der Waals surface area (Å²) in [6, 6.07) is 8.84. The average Bonchev–Trinajstić information content (AvgIpc) is 2.45. The van der Waals surface area contributed by atoms with Crippen LogP contribution in [0.3, 0.4) is 0 Å². The summed E-state index contributed by atoms with van der Waals surface area (Å²) >= 11 is 0. The molecule has 0 fully saturated rings. The number of rotatable bonds is 7. The molecule has 0 saturated carbocycles. The van der Waals surface area contributed by atoms with Crippen LogP contribution in [0.25, 0.3) is 0 Å². The maximum absolute atomic E-state index is 11.8. The normalized spacial score (nSPS) is 11.3. The Morgan fingerprint density at radius 3 is 2.45 bits per heavy atom. The molecular weight excluding hydrogens is 258 g/mol. The molecule has 6 nitrogen and oxygen atoms in total. The molecule has 0 heterocycles. The number of nitrogens with zero attached hydrogens (tertiary/aromatic N) is 1. The summed E-state index contributed by atoms with van der Waals surface area (Å²) < 4.78 is 0. The van der Waals surface area contributed by atoms with Gasteiger partial charge >= 0.3 is 0 Å². The molecule has 3 amide bonds. The van der Waals surface area contributed by atoms with Gasteiger partial charge in [0.05, 0.1) is 19.0 Å². The van der Waals surface area contributed by atoms with Crippen molar-refractivity contribution in [3.05, 3.63) is 35.9 Å². The molecule has 20 heavy (non-hydrogen) atoms. The van der Waals surface area contributed by atoms with Crippen molar-refractivity contribution < 1.29 is 14.4 Å². The molecular formula is C14H19N3O3. The Balaban J connectivity index is 2.77. The van der Waals surface area contributed by atoms with E-state index in [0.29, 0.717) is 6.41 Å². The Bertz CT molecular complexity index is 460. The number of nitrogens with one attached hydrogen (secondary N) is 2. The van der Waals surface area contributed by atoms with Crippen LogP contribution in [0.4, 0.5) is 0 Å². The van der Waals surface area contributed by atoms with Gasteiger partial charge in [-0.3, -0.25) is 14.4 Å². The second kappa shape index (κ2) is 7.93. The van der Waals surface area contributed by atoms with Crippen LogP contribution < -0.4 is 10.6 Å². The first-order chi connectivity index (χ1) is 9.54. The van der Waals surface area contributed by atoms with E-state index in [2.05, 4.69) is 10.6 Å². The molecule has 0 bridgehead atoms. The standard InChI is InChI=1S/C14H19N3O3/c1-17(2)14(20)8-12(11-6-4-3-5-7-11)16-13(19)9-15-10-18/h3-7,10,12H,8-9H2,1-2H3,(H,15,18)(H,16,19)/t12-/m0/s1. The molecule has 0 spiro atoms. The molecule has 0 radical (unpaired) electrons. The van der Waals surface area contributed by atoms with E-state index in [0.717, 1.165) is 5.56 Å². The van der Waals surface area contributed by atoms with Gasteiger partial charge in [-0.1, -0.05) is 30.3 Å². The van der Waals surface area contributed by atoms with E-state index in [-0.39, 0.29) is 24.8 Å². The first-order valence-corrected chi connectivity index (χ1v) is 6.26. The maximum Gasteiger partial charge on any atom is 0.239 e. The molecule has 6 heteroatoms. The average molecular weight is 277 g/mol. The van der Waals surface area contributed by atoms with Crippen LogP contribution in [0.1, 0.15) is 18.0 Å². The molecule has 1 atom stereocenters. The van der Waals surface area contributed by atoms with Crippen molar-refractivity contribution in [1.82, 2.24) is 15.5 Å². The molecule has 1 aromatic rings. The summed E-state index contributed by atoms with van der Waals surface area (Å²) in [4.78, 5) is 35.2. The number of benzene rings is 1. The van der Waals surface area contributed by atoms with Crippen LogP contribution in [-0.2, 0) is 14.4 Å². The molecule has 108 valence electrons. The minimum absolute atomic E-state index is 0.0810. The maximum atomic E-state index is 11.8. The number of hydrogen-bond acceptors (Lipinski definition) is 3. The summed E-state index contributed by atoms with van der Waals surface area (Å²) in [7, 11) is 3.33. The molecule has 1 aromatic carbocycles. The predicted octanol–water partition coefficient (Wildman–Crippen LogP) is 0.0682. The lowest BCUT2D eigenvalue weighted by Gasteiger charge is -2.20. The topological polar surface area (TPSA) is 78.5 Å². The van der Waals surface area contributed by atoms with E-state index in [1.807, 2.05) is 30.3 Å². The molecule has 0 aliphatic rings. The largest absolute Gasteiger partial charge is 0.350 e. The highest BCUT2D eigenvalue weighted by molar-refractivity contribution is 5.82. The minimum Gasteiger partial charge on any atom is -0.350 e. The van der Waals surface area contributed by atoms with Gasteiger partial charge < -0.3 is 15.5 Å². The van der Waals surface area contributed by atoms with E-state index in [9.17, 15) is 14.4 Å². The van der Waals surface area contributed by atoms with Crippen LogP contribution in [0, 0.1) is 0 Å². The Kier molecular flexibility index (Phi) is 6.22. The highest BCUT2D eigenvalue weighted by atomic mass is 16.2. The third kappa shape index (κ3) is 5.09. The summed E-state index contributed by atoms with van der Waals surface area (Å²) in [5, 5.41) is 5.04. The smallest absolute Gasteiger partial charge is 0.239 e. The van der Waals surface area contributed by atoms with Gasteiger partial charge in [0.25, 0.3) is 0 Å². The first-order valence-electron chi connectivity index (χ1n) is 6.26. The van der Waals surface area contributed by atoms with Crippen LogP contribution >= 0.6 is 0 Å². The summed E-state index contributed by atoms with van der Waals surface area (Å²) in [6.07, 6.45) is 0.631. The Hall–Kier alpha value is -2.37. The Morgan fingerprint density at radius 2 is 1.90 bits per heavy atom. The van der Waals surface area contributed by atoms with E-state index >= 15 is 0 Å². The second-order valence-electron chi connectivity index (χ2n) is 4.52. The van der Waals surface area contributed by atoms with Crippen molar-refractivity contribution in [1.29, 1.82) is 0 Å². The zero-order valence-electron chi connectivity index (χ0n) is 11.6. The number of carbonyl (C=O) groups excluding carboxylic acids is 3. The quantitative estimate of drug-likeness (QED) is 0.692. The summed E-state index contributed by atoms with van der Waals surface area (Å²) in [5.41, 5.74) is 0.849. The number of amides is 3. The van der Waals surface area contributed by atoms with Crippen molar-refractivity contribution in [2.24, 2.45) is 0 Å². The highest BCUT2D eigenvalue weighted by Crippen LogP contribution is 2.17. The van der Waals surface area contributed by atoms with Crippen LogP contribution in [0.2, 0.25) is 0 Å². The lowest BCUT2D eigenvalue weighted by molar-refractivity contribution is -0.129. The van der Waals surface area contributed by atoms with Gasteiger partial charge in [0.2, 0.25) is 18.2 Å². The number of carbonyl (C=O) groups is 3. The molecule has 0 unspecified atom stereocenters. The van der Waals surface area contributed by atoms with Crippen LogP contribution in [0.5, 0.6) is 0 Å². The molecule has 0 aliphatic carbocycles. The van der Waals surface area contributed by atoms with E-state index in [1.165, 1.54) is 4.90 Å². The van der Waals surface area contributed by atoms with Gasteiger partial charge in [0, 0.05) is 14.1 Å². The second-order valence-corrected chi connectivity index (χ2v) is 4.52. The van der Waals surface area contributed by atoms with Crippen molar-refractivity contribution in [3.63, 3.8) is 0 Å². The van der Waals surface area contributed by atoms with Crippen molar-refractivity contribution in [2.75, 3.05) is 20.6 Å². The van der Waals surface area contributed by atoms with E-state index in [4.69, 9.17) is 0 Å². The SMILES string of the molecule is CN(C)C(=O)C[C@H](NC(=O)CNC=O)c1ccccc1. The van der Waals surface area contributed by atoms with Gasteiger partial charge in [-0.05, 0) is 5.56 Å². The fourth-order valence-corrected chi connectivity index (χ4v) is 1.67. The zero-order chi connectivity index (χ0) is 15.0. The van der Waals surface area contributed by atoms with E-state index in [1.54, 1.807) is 14.1 Å². The van der Waals surface area contributed by atoms with Crippen LogP contribution in [0.15, 0.2) is 30.3 Å². The molecule has 2 N–H and O–H groups in total. The lowest BCUT2D eigenvalue weighted by Crippen LogP contribution is -2.38. The Morgan fingerprint density at radius 1 is 1.25 bits per heavy atom. The molecule has 0 aliphatic heterocycles. The molecule has 1 rings (SSSR count). The number of hydrogen-bond donors (Lipinski definition) is 2. The monoisotopic (exact) mass is 277 g/mol. The molecule has 0 saturated heterocycles. The Labute approximate surface area is 118 Å². The van der Waals surface area contributed by atoms with Gasteiger partial charge in [-0.2, -0.15) is 0 Å². The highest BCUT2D eigenvalue weighted by Gasteiger charge is 2.19. The minimum atomic E-state index is -0.410. The third-order valence-electron chi connectivity index (χ3n) is 2.76. The van der Waals surface area contributed by atoms with Gasteiger partial charge in [-0.15, -0.1) is 0 Å².